The lowest BCUT2D eigenvalue weighted by Gasteiger charge is -2.16. The molecule has 0 radical (unpaired) electrons. The second-order valence-electron chi connectivity index (χ2n) is 5.02. The van der Waals surface area contributed by atoms with Crippen molar-refractivity contribution in [2.75, 3.05) is 13.2 Å². The summed E-state index contributed by atoms with van der Waals surface area (Å²) in [4.78, 5) is 16.5. The molecule has 4 nitrogen and oxygen atoms in total. The molecule has 4 heteroatoms. The number of hydrogen-bond donors (Lipinski definition) is 1. The maximum Gasteiger partial charge on any atom is 0.256 e. The number of pyridine rings is 1. The van der Waals surface area contributed by atoms with E-state index in [0.29, 0.717) is 30.5 Å². The summed E-state index contributed by atoms with van der Waals surface area (Å²) in [5.74, 6) is 0.540. The molecule has 0 saturated heterocycles. The molecular formula is C18H22N2O2. The summed E-state index contributed by atoms with van der Waals surface area (Å²) in [5, 5.41) is 2.99. The first kappa shape index (κ1) is 16.0. The van der Waals surface area contributed by atoms with Gasteiger partial charge in [0.05, 0.1) is 6.61 Å². The van der Waals surface area contributed by atoms with Crippen molar-refractivity contribution in [3.63, 3.8) is 0 Å². The number of nitrogens with one attached hydrogen (secondary N) is 1. The SMILES string of the molecule is CCOc1ncccc1C(=O)NCC(CC)c1ccccc1. The number of aromatic nitrogens is 1. The molecule has 0 aliphatic heterocycles. The number of amides is 1. The number of benzene rings is 1. The highest BCUT2D eigenvalue weighted by Crippen LogP contribution is 2.19. The van der Waals surface area contributed by atoms with Gasteiger partial charge < -0.3 is 10.1 Å². The molecule has 116 valence electrons. The standard InChI is InChI=1S/C18H22N2O2/c1-3-14(15-9-6-5-7-10-15)13-20-17(21)16-11-8-12-19-18(16)22-4-2/h5-12,14H,3-4,13H2,1-2H3,(H,20,21). The van der Waals surface area contributed by atoms with E-state index in [1.54, 1.807) is 18.3 Å². The van der Waals surface area contributed by atoms with E-state index in [1.807, 2.05) is 25.1 Å². The number of ether oxygens (including phenoxy) is 1. The van der Waals surface area contributed by atoms with Crippen LogP contribution in [-0.2, 0) is 0 Å². The highest BCUT2D eigenvalue weighted by molar-refractivity contribution is 5.96. The maximum atomic E-state index is 12.4. The van der Waals surface area contributed by atoms with Crippen molar-refractivity contribution in [2.45, 2.75) is 26.2 Å². The molecule has 0 saturated carbocycles. The van der Waals surface area contributed by atoms with Gasteiger partial charge >= 0.3 is 0 Å². The van der Waals surface area contributed by atoms with Gasteiger partial charge in [0.1, 0.15) is 5.56 Å². The fourth-order valence-electron chi connectivity index (χ4n) is 2.35. The third kappa shape index (κ3) is 4.07. The van der Waals surface area contributed by atoms with Gasteiger partial charge in [0, 0.05) is 18.7 Å². The van der Waals surface area contributed by atoms with Gasteiger partial charge in [0.2, 0.25) is 5.88 Å². The number of carbonyl (C=O) groups excluding carboxylic acids is 1. The molecule has 0 fully saturated rings. The summed E-state index contributed by atoms with van der Waals surface area (Å²) >= 11 is 0. The molecule has 0 spiro atoms. The van der Waals surface area contributed by atoms with Crippen LogP contribution < -0.4 is 10.1 Å². The molecule has 2 rings (SSSR count). The van der Waals surface area contributed by atoms with Crippen molar-refractivity contribution in [3.8, 4) is 5.88 Å². The lowest BCUT2D eigenvalue weighted by molar-refractivity contribution is 0.0946. The first-order chi connectivity index (χ1) is 10.8. The monoisotopic (exact) mass is 298 g/mol. The first-order valence-corrected chi connectivity index (χ1v) is 7.67. The van der Waals surface area contributed by atoms with E-state index in [0.717, 1.165) is 6.42 Å². The maximum absolute atomic E-state index is 12.4. The van der Waals surface area contributed by atoms with Crippen LogP contribution in [0.3, 0.4) is 0 Å². The molecule has 1 N–H and O–H groups in total. The topological polar surface area (TPSA) is 51.2 Å². The van der Waals surface area contributed by atoms with E-state index >= 15 is 0 Å². The Morgan fingerprint density at radius 1 is 1.18 bits per heavy atom. The van der Waals surface area contributed by atoms with E-state index in [1.165, 1.54) is 5.56 Å². The Bertz CT molecular complexity index is 599. The minimum absolute atomic E-state index is 0.147. The molecule has 22 heavy (non-hydrogen) atoms. The predicted molar refractivity (Wildman–Crippen MR) is 87.2 cm³/mol. The van der Waals surface area contributed by atoms with Gasteiger partial charge in [-0.1, -0.05) is 37.3 Å². The molecule has 0 aliphatic carbocycles. The summed E-state index contributed by atoms with van der Waals surface area (Å²) in [6.07, 6.45) is 2.59. The number of hydrogen-bond acceptors (Lipinski definition) is 3. The highest BCUT2D eigenvalue weighted by Gasteiger charge is 2.15. The number of nitrogens with zero attached hydrogens (tertiary/aromatic N) is 1. The third-order valence-electron chi connectivity index (χ3n) is 3.57. The normalized spacial score (nSPS) is 11.7. The van der Waals surface area contributed by atoms with Crippen LogP contribution in [0, 0.1) is 0 Å². The smallest absolute Gasteiger partial charge is 0.256 e. The zero-order chi connectivity index (χ0) is 15.8. The van der Waals surface area contributed by atoms with E-state index in [9.17, 15) is 4.79 Å². The summed E-state index contributed by atoms with van der Waals surface area (Å²) in [7, 11) is 0. The lowest BCUT2D eigenvalue weighted by atomic mass is 9.96. The van der Waals surface area contributed by atoms with Crippen LogP contribution >= 0.6 is 0 Å². The van der Waals surface area contributed by atoms with Crippen LogP contribution in [0.5, 0.6) is 5.88 Å². The minimum Gasteiger partial charge on any atom is -0.477 e. The minimum atomic E-state index is -0.147. The fourth-order valence-corrected chi connectivity index (χ4v) is 2.35. The Morgan fingerprint density at radius 3 is 2.64 bits per heavy atom. The van der Waals surface area contributed by atoms with Crippen LogP contribution in [0.1, 0.15) is 42.1 Å². The quantitative estimate of drug-likeness (QED) is 0.852. The van der Waals surface area contributed by atoms with Crippen LogP contribution in [0.25, 0.3) is 0 Å². The molecule has 1 atom stereocenters. The van der Waals surface area contributed by atoms with Gasteiger partial charge in [-0.3, -0.25) is 4.79 Å². The first-order valence-electron chi connectivity index (χ1n) is 7.67. The molecule has 1 unspecified atom stereocenters. The molecule has 0 bridgehead atoms. The van der Waals surface area contributed by atoms with Crippen molar-refractivity contribution in [2.24, 2.45) is 0 Å². The highest BCUT2D eigenvalue weighted by atomic mass is 16.5. The second kappa shape index (κ2) is 8.17. The Hall–Kier alpha value is -2.36. The number of rotatable bonds is 7. The molecular weight excluding hydrogens is 276 g/mol. The third-order valence-corrected chi connectivity index (χ3v) is 3.57. The second-order valence-corrected chi connectivity index (χ2v) is 5.02. The molecule has 1 aromatic carbocycles. The molecule has 2 aromatic rings. The summed E-state index contributed by atoms with van der Waals surface area (Å²) < 4.78 is 5.40. The Balaban J connectivity index is 2.03. The molecule has 1 aromatic heterocycles. The summed E-state index contributed by atoms with van der Waals surface area (Å²) in [6, 6.07) is 13.7. The van der Waals surface area contributed by atoms with Gasteiger partial charge in [-0.05, 0) is 31.0 Å². The largest absolute Gasteiger partial charge is 0.477 e. The molecule has 0 aliphatic rings. The van der Waals surface area contributed by atoms with Crippen molar-refractivity contribution in [1.29, 1.82) is 0 Å². The lowest BCUT2D eigenvalue weighted by Crippen LogP contribution is -2.28. The van der Waals surface area contributed by atoms with Crippen molar-refractivity contribution >= 4 is 5.91 Å². The van der Waals surface area contributed by atoms with Crippen molar-refractivity contribution in [1.82, 2.24) is 10.3 Å². The number of carbonyl (C=O) groups is 1. The summed E-state index contributed by atoms with van der Waals surface area (Å²) in [5.41, 5.74) is 1.72. The van der Waals surface area contributed by atoms with Crippen LogP contribution in [0.2, 0.25) is 0 Å². The van der Waals surface area contributed by atoms with Crippen molar-refractivity contribution < 1.29 is 9.53 Å². The van der Waals surface area contributed by atoms with Gasteiger partial charge in [0.25, 0.3) is 5.91 Å². The van der Waals surface area contributed by atoms with Crippen LogP contribution in [0.4, 0.5) is 0 Å². The average Bonchev–Trinajstić information content (AvgIpc) is 2.57. The van der Waals surface area contributed by atoms with Gasteiger partial charge in [-0.15, -0.1) is 0 Å². The van der Waals surface area contributed by atoms with Gasteiger partial charge in [0.15, 0.2) is 0 Å². The summed E-state index contributed by atoms with van der Waals surface area (Å²) in [6.45, 7) is 5.08. The molecule has 1 amide bonds. The van der Waals surface area contributed by atoms with Gasteiger partial charge in [-0.2, -0.15) is 0 Å². The Morgan fingerprint density at radius 2 is 1.95 bits per heavy atom. The Kier molecular flexibility index (Phi) is 5.95. The Labute approximate surface area is 131 Å². The molecule has 1 heterocycles. The van der Waals surface area contributed by atoms with Crippen molar-refractivity contribution in [3.05, 3.63) is 59.8 Å². The van der Waals surface area contributed by atoms with E-state index in [-0.39, 0.29) is 5.91 Å². The average molecular weight is 298 g/mol. The predicted octanol–water partition coefficient (Wildman–Crippen LogP) is 3.40. The van der Waals surface area contributed by atoms with E-state index in [2.05, 4.69) is 29.4 Å². The van der Waals surface area contributed by atoms with E-state index in [4.69, 9.17) is 4.74 Å². The fraction of sp³-hybridized carbons (Fsp3) is 0.333. The zero-order valence-corrected chi connectivity index (χ0v) is 13.1. The van der Waals surface area contributed by atoms with E-state index < -0.39 is 0 Å². The van der Waals surface area contributed by atoms with Gasteiger partial charge in [-0.25, -0.2) is 4.98 Å². The van der Waals surface area contributed by atoms with Crippen LogP contribution in [0.15, 0.2) is 48.7 Å². The van der Waals surface area contributed by atoms with Crippen LogP contribution in [-0.4, -0.2) is 24.0 Å². The zero-order valence-electron chi connectivity index (χ0n) is 13.1.